The van der Waals surface area contributed by atoms with E-state index in [-0.39, 0.29) is 0 Å². The summed E-state index contributed by atoms with van der Waals surface area (Å²) in [7, 11) is 0. The first-order valence-electron chi connectivity index (χ1n) is 19.1. The van der Waals surface area contributed by atoms with Gasteiger partial charge in [-0.2, -0.15) is 0 Å². The lowest BCUT2D eigenvalue weighted by Gasteiger charge is -2.08. The van der Waals surface area contributed by atoms with Crippen LogP contribution in [0, 0.1) is 0 Å². The molecule has 0 saturated heterocycles. The third-order valence-corrected chi connectivity index (χ3v) is 11.1. The number of rotatable bonds is 6. The molecular formula is C54H34O2. The van der Waals surface area contributed by atoms with Crippen molar-refractivity contribution in [2.75, 3.05) is 0 Å². The van der Waals surface area contributed by atoms with E-state index in [0.29, 0.717) is 0 Å². The molecule has 2 nitrogen and oxygen atoms in total. The van der Waals surface area contributed by atoms with Crippen molar-refractivity contribution in [1.29, 1.82) is 0 Å². The van der Waals surface area contributed by atoms with Gasteiger partial charge in [-0.25, -0.2) is 0 Å². The average Bonchev–Trinajstić information content (AvgIpc) is 3.83. The van der Waals surface area contributed by atoms with E-state index in [0.717, 1.165) is 88.4 Å². The number of furan rings is 2. The SMILES string of the molecule is c1ccc(-c2cccc(-c3ccc4oc5c(-c6cccc(-c7ccccc7)c6)c6oc7ccc(-c8cccc(-c9ccccc9)c8)cc7c6cc5c4c3)c2)cc1. The fraction of sp³-hybridized carbons (Fsp3) is 0. The molecule has 0 unspecified atom stereocenters. The lowest BCUT2D eigenvalue weighted by Crippen LogP contribution is -1.84. The van der Waals surface area contributed by atoms with Crippen LogP contribution >= 0.6 is 0 Å². The van der Waals surface area contributed by atoms with Gasteiger partial charge in [0.1, 0.15) is 22.3 Å². The highest BCUT2D eigenvalue weighted by Gasteiger charge is 2.22. The first kappa shape index (κ1) is 32.0. The van der Waals surface area contributed by atoms with Crippen molar-refractivity contribution in [3.05, 3.63) is 206 Å². The Kier molecular flexibility index (Phi) is 7.53. The first-order valence-corrected chi connectivity index (χ1v) is 19.1. The molecule has 9 aromatic carbocycles. The van der Waals surface area contributed by atoms with Crippen molar-refractivity contribution in [2.24, 2.45) is 0 Å². The largest absolute Gasteiger partial charge is 0.455 e. The molecule has 11 rings (SSSR count). The summed E-state index contributed by atoms with van der Waals surface area (Å²) in [6, 6.07) is 73.3. The molecule has 56 heavy (non-hydrogen) atoms. The number of hydrogen-bond donors (Lipinski definition) is 0. The third kappa shape index (κ3) is 5.51. The molecule has 0 aliphatic rings. The maximum atomic E-state index is 6.86. The molecule has 0 atom stereocenters. The smallest absolute Gasteiger partial charge is 0.147 e. The Labute approximate surface area is 324 Å². The minimum Gasteiger partial charge on any atom is -0.455 e. The van der Waals surface area contributed by atoms with Gasteiger partial charge >= 0.3 is 0 Å². The highest BCUT2D eigenvalue weighted by atomic mass is 16.3. The van der Waals surface area contributed by atoms with Crippen molar-refractivity contribution >= 4 is 43.9 Å². The van der Waals surface area contributed by atoms with Crippen LogP contribution in [-0.2, 0) is 0 Å². The molecule has 0 aliphatic heterocycles. The minimum atomic E-state index is 0.822. The molecule has 2 heteroatoms. The summed E-state index contributed by atoms with van der Waals surface area (Å²) >= 11 is 0. The van der Waals surface area contributed by atoms with E-state index in [1.54, 1.807) is 0 Å². The second-order valence-corrected chi connectivity index (χ2v) is 14.5. The summed E-state index contributed by atoms with van der Waals surface area (Å²) in [5.74, 6) is 0. The topological polar surface area (TPSA) is 26.3 Å². The fourth-order valence-corrected chi connectivity index (χ4v) is 8.26. The molecule has 0 aliphatic carbocycles. The van der Waals surface area contributed by atoms with Gasteiger partial charge in [0.25, 0.3) is 0 Å². The lowest BCUT2D eigenvalue weighted by atomic mass is 9.94. The first-order chi connectivity index (χ1) is 27.7. The van der Waals surface area contributed by atoms with E-state index in [1.165, 1.54) is 22.3 Å². The second-order valence-electron chi connectivity index (χ2n) is 14.5. The van der Waals surface area contributed by atoms with Gasteiger partial charge in [0.15, 0.2) is 0 Å². The number of hydrogen-bond acceptors (Lipinski definition) is 2. The zero-order chi connectivity index (χ0) is 37.0. The van der Waals surface area contributed by atoms with Crippen LogP contribution in [-0.4, -0.2) is 0 Å². The third-order valence-electron chi connectivity index (χ3n) is 11.1. The minimum absolute atomic E-state index is 0.822. The van der Waals surface area contributed by atoms with Crippen molar-refractivity contribution in [3.63, 3.8) is 0 Å². The highest BCUT2D eigenvalue weighted by molar-refractivity contribution is 6.22. The van der Waals surface area contributed by atoms with Crippen LogP contribution in [0.4, 0.5) is 0 Å². The fourth-order valence-electron chi connectivity index (χ4n) is 8.26. The summed E-state index contributed by atoms with van der Waals surface area (Å²) in [5.41, 5.74) is 17.0. The predicted molar refractivity (Wildman–Crippen MR) is 234 cm³/mol. The van der Waals surface area contributed by atoms with Crippen LogP contribution in [0.5, 0.6) is 0 Å². The summed E-state index contributed by atoms with van der Waals surface area (Å²) in [5, 5.41) is 4.28. The van der Waals surface area contributed by atoms with E-state index in [9.17, 15) is 0 Å². The van der Waals surface area contributed by atoms with Crippen molar-refractivity contribution in [1.82, 2.24) is 0 Å². The molecule has 0 spiro atoms. The molecule has 0 fully saturated rings. The second kappa shape index (κ2) is 13.2. The van der Waals surface area contributed by atoms with Crippen molar-refractivity contribution < 1.29 is 8.83 Å². The molecule has 0 bridgehead atoms. The van der Waals surface area contributed by atoms with E-state index < -0.39 is 0 Å². The number of fused-ring (bicyclic) bond motifs is 6. The lowest BCUT2D eigenvalue weighted by molar-refractivity contribution is 0.658. The Hall–Kier alpha value is -7.42. The summed E-state index contributed by atoms with van der Waals surface area (Å²) in [6.07, 6.45) is 0. The summed E-state index contributed by atoms with van der Waals surface area (Å²) in [6.45, 7) is 0. The molecule has 0 N–H and O–H groups in total. The van der Waals surface area contributed by atoms with Gasteiger partial charge in [-0.15, -0.1) is 0 Å². The normalized spacial score (nSPS) is 11.6. The number of benzene rings is 9. The van der Waals surface area contributed by atoms with Gasteiger partial charge in [0, 0.05) is 21.5 Å². The zero-order valence-corrected chi connectivity index (χ0v) is 30.4. The van der Waals surface area contributed by atoms with E-state index >= 15 is 0 Å². The molecule has 262 valence electrons. The van der Waals surface area contributed by atoms with E-state index in [1.807, 2.05) is 0 Å². The van der Waals surface area contributed by atoms with Crippen LogP contribution in [0.1, 0.15) is 0 Å². The van der Waals surface area contributed by atoms with Crippen molar-refractivity contribution in [2.45, 2.75) is 0 Å². The van der Waals surface area contributed by atoms with Crippen LogP contribution < -0.4 is 0 Å². The molecule has 2 heterocycles. The van der Waals surface area contributed by atoms with Gasteiger partial charge in [0.2, 0.25) is 0 Å². The quantitative estimate of drug-likeness (QED) is 0.171. The Morgan fingerprint density at radius 3 is 0.946 bits per heavy atom. The van der Waals surface area contributed by atoms with Crippen LogP contribution in [0.3, 0.4) is 0 Å². The van der Waals surface area contributed by atoms with Gasteiger partial charge in [-0.1, -0.05) is 158 Å². The molecule has 2 aromatic heterocycles. The molecular weight excluding hydrogens is 681 g/mol. The van der Waals surface area contributed by atoms with Gasteiger partial charge in [-0.3, -0.25) is 0 Å². The highest BCUT2D eigenvalue weighted by Crippen LogP contribution is 2.46. The van der Waals surface area contributed by atoms with Gasteiger partial charge < -0.3 is 8.83 Å². The van der Waals surface area contributed by atoms with Gasteiger partial charge in [0.05, 0.1) is 5.56 Å². The summed E-state index contributed by atoms with van der Waals surface area (Å²) in [4.78, 5) is 0. The molecule has 0 saturated carbocycles. The van der Waals surface area contributed by atoms with Gasteiger partial charge in [-0.05, 0) is 110 Å². The molecule has 0 amide bonds. The summed E-state index contributed by atoms with van der Waals surface area (Å²) < 4.78 is 13.7. The van der Waals surface area contributed by atoms with Crippen LogP contribution in [0.15, 0.2) is 215 Å². The molecule has 11 aromatic rings. The maximum Gasteiger partial charge on any atom is 0.147 e. The predicted octanol–water partition coefficient (Wildman–Crippen LogP) is 15.5. The average molecular weight is 715 g/mol. The Balaban J connectivity index is 1.14. The zero-order valence-electron chi connectivity index (χ0n) is 30.4. The van der Waals surface area contributed by atoms with Crippen LogP contribution in [0.2, 0.25) is 0 Å². The Morgan fingerprint density at radius 1 is 0.214 bits per heavy atom. The standard InChI is InChI=1S/C54H34O2/c1-4-13-35(14-5-1)38-19-10-22-41(29-38)43-25-27-50-46(32-43)48-34-49-47-33-44(42-23-11-20-39(30-42)36-15-6-2-7-16-36)26-28-51(47)56-54(49)52(53(48)55-50)45-24-12-21-40(31-45)37-17-8-3-9-18-37/h1-34H. The monoisotopic (exact) mass is 714 g/mol. The Morgan fingerprint density at radius 2 is 0.536 bits per heavy atom. The maximum absolute atomic E-state index is 6.86. The Bertz CT molecular complexity index is 3050. The van der Waals surface area contributed by atoms with E-state index in [2.05, 4.69) is 206 Å². The van der Waals surface area contributed by atoms with Crippen molar-refractivity contribution in [3.8, 4) is 66.8 Å². The molecule has 0 radical (unpaired) electrons. The van der Waals surface area contributed by atoms with E-state index in [4.69, 9.17) is 8.83 Å². The van der Waals surface area contributed by atoms with Crippen LogP contribution in [0.25, 0.3) is 111 Å².